The molecule has 0 saturated carbocycles. The minimum atomic E-state index is -0.286. The third kappa shape index (κ3) is 5.43. The van der Waals surface area contributed by atoms with E-state index in [-0.39, 0.29) is 34.5 Å². The van der Waals surface area contributed by atoms with Gasteiger partial charge < -0.3 is 9.80 Å². The van der Waals surface area contributed by atoms with Crippen LogP contribution in [0.5, 0.6) is 0 Å². The van der Waals surface area contributed by atoms with Crippen LogP contribution in [0.1, 0.15) is 111 Å². The van der Waals surface area contributed by atoms with Crippen molar-refractivity contribution in [3.8, 4) is 0 Å². The van der Waals surface area contributed by atoms with Gasteiger partial charge in [-0.3, -0.25) is 19.2 Å². The lowest BCUT2D eigenvalue weighted by Gasteiger charge is -2.31. The predicted octanol–water partition coefficient (Wildman–Crippen LogP) is 6.33. The molecule has 3 rings (SSSR count). The summed E-state index contributed by atoms with van der Waals surface area (Å²) in [5.74, 6) is -0.705. The Bertz CT molecular complexity index is 1050. The number of unbranched alkanes of at least 4 members (excludes halogenated alkanes) is 4. The molecule has 6 nitrogen and oxygen atoms in total. The lowest BCUT2D eigenvalue weighted by atomic mass is 9.81. The molecule has 6 heteroatoms. The van der Waals surface area contributed by atoms with Crippen molar-refractivity contribution in [3.63, 3.8) is 0 Å². The van der Waals surface area contributed by atoms with Crippen LogP contribution in [0.2, 0.25) is 0 Å². The standard InChI is InChI=1S/C30H38N2O4/c1-5-9-11-17-25(33)31(7-3)23-19-20-24(32(8-4)26(34)18-12-10-6-2)28-27(23)29(35)21-15-13-14-16-22(21)30(28)36/h13-16,19-20H,5-12,17-18H2,1-4H3. The molecule has 0 bridgehead atoms. The minimum Gasteiger partial charge on any atom is -0.312 e. The van der Waals surface area contributed by atoms with Gasteiger partial charge in [0.15, 0.2) is 11.6 Å². The number of hydrogen-bond acceptors (Lipinski definition) is 4. The van der Waals surface area contributed by atoms with Crippen molar-refractivity contribution >= 4 is 34.8 Å². The molecule has 0 N–H and O–H groups in total. The fourth-order valence-corrected chi connectivity index (χ4v) is 4.92. The zero-order valence-electron chi connectivity index (χ0n) is 22.1. The van der Waals surface area contributed by atoms with E-state index in [0.29, 0.717) is 48.4 Å². The highest BCUT2D eigenvalue weighted by Gasteiger charge is 2.37. The van der Waals surface area contributed by atoms with Crippen LogP contribution < -0.4 is 9.80 Å². The Hall–Kier alpha value is -3.28. The van der Waals surface area contributed by atoms with Gasteiger partial charge in [-0.15, -0.1) is 0 Å². The smallest absolute Gasteiger partial charge is 0.226 e. The van der Waals surface area contributed by atoms with Gasteiger partial charge in [0.25, 0.3) is 0 Å². The summed E-state index contributed by atoms with van der Waals surface area (Å²) in [6.45, 7) is 8.68. The first kappa shape index (κ1) is 27.3. The van der Waals surface area contributed by atoms with Crippen LogP contribution in [0.25, 0.3) is 0 Å². The fraction of sp³-hybridized carbons (Fsp3) is 0.467. The topological polar surface area (TPSA) is 74.8 Å². The minimum absolute atomic E-state index is 0.0667. The van der Waals surface area contributed by atoms with Crippen LogP contribution in [-0.2, 0) is 9.59 Å². The molecule has 0 spiro atoms. The molecule has 0 unspecified atom stereocenters. The lowest BCUT2D eigenvalue weighted by Crippen LogP contribution is -2.36. The summed E-state index contributed by atoms with van der Waals surface area (Å²) in [6, 6.07) is 10.2. The largest absolute Gasteiger partial charge is 0.312 e. The second-order valence-electron chi connectivity index (χ2n) is 9.25. The normalized spacial score (nSPS) is 12.2. The van der Waals surface area contributed by atoms with Crippen LogP contribution in [0.4, 0.5) is 11.4 Å². The van der Waals surface area contributed by atoms with Crippen molar-refractivity contribution in [1.29, 1.82) is 0 Å². The average Bonchev–Trinajstić information content (AvgIpc) is 2.88. The SMILES string of the molecule is CCCCCC(=O)N(CC)c1ccc(N(CC)C(=O)CCCCC)c2c1C(=O)c1ccccc1C2=O. The van der Waals surface area contributed by atoms with Crippen LogP contribution in [0.15, 0.2) is 36.4 Å². The monoisotopic (exact) mass is 490 g/mol. The Labute approximate surface area is 214 Å². The molecule has 36 heavy (non-hydrogen) atoms. The van der Waals surface area contributed by atoms with Crippen LogP contribution in [0, 0.1) is 0 Å². The number of carbonyl (C=O) groups excluding carboxylic acids is 4. The third-order valence-corrected chi connectivity index (χ3v) is 6.84. The fourth-order valence-electron chi connectivity index (χ4n) is 4.92. The van der Waals surface area contributed by atoms with E-state index in [0.717, 1.165) is 38.5 Å². The Kier molecular flexibility index (Phi) is 9.57. The molecule has 2 aromatic rings. The van der Waals surface area contributed by atoms with Gasteiger partial charge in [-0.1, -0.05) is 63.8 Å². The molecule has 0 aromatic heterocycles. The predicted molar refractivity (Wildman–Crippen MR) is 144 cm³/mol. The second-order valence-corrected chi connectivity index (χ2v) is 9.25. The van der Waals surface area contributed by atoms with Crippen molar-refractivity contribution < 1.29 is 19.2 Å². The average molecular weight is 491 g/mol. The molecule has 0 radical (unpaired) electrons. The van der Waals surface area contributed by atoms with Gasteiger partial charge in [0.1, 0.15) is 0 Å². The van der Waals surface area contributed by atoms with Crippen LogP contribution in [-0.4, -0.2) is 36.5 Å². The first-order valence-corrected chi connectivity index (χ1v) is 13.4. The van der Waals surface area contributed by atoms with E-state index < -0.39 is 0 Å². The van der Waals surface area contributed by atoms with E-state index in [1.807, 2.05) is 13.8 Å². The van der Waals surface area contributed by atoms with Crippen molar-refractivity contribution in [2.45, 2.75) is 79.1 Å². The molecule has 0 fully saturated rings. The van der Waals surface area contributed by atoms with Gasteiger partial charge in [-0.05, 0) is 38.8 Å². The maximum atomic E-state index is 13.8. The number of nitrogens with zero attached hydrogens (tertiary/aromatic N) is 2. The second kappa shape index (κ2) is 12.6. The van der Waals surface area contributed by atoms with Gasteiger partial charge in [-0.25, -0.2) is 0 Å². The Morgan fingerprint density at radius 1 is 0.611 bits per heavy atom. The molecular weight excluding hydrogens is 452 g/mol. The highest BCUT2D eigenvalue weighted by Crippen LogP contribution is 2.40. The summed E-state index contributed by atoms with van der Waals surface area (Å²) >= 11 is 0. The number of carbonyl (C=O) groups is 4. The number of amides is 2. The summed E-state index contributed by atoms with van der Waals surface area (Å²) in [6.07, 6.45) is 6.24. The van der Waals surface area contributed by atoms with Crippen LogP contribution >= 0.6 is 0 Å². The van der Waals surface area contributed by atoms with Crippen molar-refractivity contribution in [2.75, 3.05) is 22.9 Å². The number of benzene rings is 2. The molecule has 192 valence electrons. The van der Waals surface area contributed by atoms with Crippen LogP contribution in [0.3, 0.4) is 0 Å². The van der Waals surface area contributed by atoms with E-state index in [9.17, 15) is 19.2 Å². The molecule has 0 saturated heterocycles. The van der Waals surface area contributed by atoms with Gasteiger partial charge in [0.2, 0.25) is 11.8 Å². The first-order chi connectivity index (χ1) is 17.4. The molecule has 0 atom stereocenters. The van der Waals surface area contributed by atoms with Crippen molar-refractivity contribution in [2.24, 2.45) is 0 Å². The van der Waals surface area contributed by atoms with E-state index in [2.05, 4.69) is 13.8 Å². The highest BCUT2D eigenvalue weighted by molar-refractivity contribution is 6.33. The third-order valence-electron chi connectivity index (χ3n) is 6.84. The van der Waals surface area contributed by atoms with Gasteiger partial charge in [-0.2, -0.15) is 0 Å². The molecule has 0 heterocycles. The van der Waals surface area contributed by atoms with Crippen molar-refractivity contribution in [1.82, 2.24) is 0 Å². The Morgan fingerprint density at radius 3 is 1.33 bits per heavy atom. The lowest BCUT2D eigenvalue weighted by molar-refractivity contribution is -0.119. The quantitative estimate of drug-likeness (QED) is 0.278. The summed E-state index contributed by atoms with van der Waals surface area (Å²) in [5.41, 5.74) is 2.00. The zero-order chi connectivity index (χ0) is 26.2. The molecular formula is C30H38N2O4. The van der Waals surface area contributed by atoms with E-state index in [1.165, 1.54) is 0 Å². The van der Waals surface area contributed by atoms with E-state index in [4.69, 9.17) is 0 Å². The maximum Gasteiger partial charge on any atom is 0.226 e. The number of hydrogen-bond donors (Lipinski definition) is 0. The molecule has 1 aliphatic rings. The summed E-state index contributed by atoms with van der Waals surface area (Å²) in [5, 5.41) is 0. The van der Waals surface area contributed by atoms with Crippen molar-refractivity contribution in [3.05, 3.63) is 58.7 Å². The molecule has 2 aromatic carbocycles. The van der Waals surface area contributed by atoms with Gasteiger partial charge in [0.05, 0.1) is 22.5 Å². The Morgan fingerprint density at radius 2 is 1.00 bits per heavy atom. The molecule has 1 aliphatic carbocycles. The highest BCUT2D eigenvalue weighted by atomic mass is 16.2. The number of ketones is 2. The maximum absolute atomic E-state index is 13.8. The Balaban J connectivity index is 2.17. The summed E-state index contributed by atoms with van der Waals surface area (Å²) in [4.78, 5) is 57.2. The molecule has 0 aliphatic heterocycles. The van der Waals surface area contributed by atoms with E-state index >= 15 is 0 Å². The van der Waals surface area contributed by atoms with Gasteiger partial charge in [0, 0.05) is 37.1 Å². The number of fused-ring (bicyclic) bond motifs is 2. The van der Waals surface area contributed by atoms with E-state index in [1.54, 1.807) is 46.2 Å². The number of anilines is 2. The zero-order valence-corrected chi connectivity index (χ0v) is 22.1. The summed E-state index contributed by atoms with van der Waals surface area (Å²) < 4.78 is 0. The first-order valence-electron chi connectivity index (χ1n) is 13.4. The molecule has 2 amide bonds. The van der Waals surface area contributed by atoms with Gasteiger partial charge >= 0.3 is 0 Å². The number of rotatable bonds is 12. The summed E-state index contributed by atoms with van der Waals surface area (Å²) in [7, 11) is 0.